The zero-order chi connectivity index (χ0) is 16.3. The highest BCUT2D eigenvalue weighted by atomic mass is 32.2. The van der Waals surface area contributed by atoms with Crippen LogP contribution in [-0.2, 0) is 11.0 Å². The Morgan fingerprint density at radius 3 is 2.55 bits per heavy atom. The van der Waals surface area contributed by atoms with Crippen molar-refractivity contribution >= 4 is 33.5 Å². The molecule has 1 aromatic heterocycles. The summed E-state index contributed by atoms with van der Waals surface area (Å²) in [5.74, 6) is 0.0253. The summed E-state index contributed by atoms with van der Waals surface area (Å²) in [4.78, 5) is 12.3. The van der Waals surface area contributed by atoms with Crippen molar-refractivity contribution < 1.29 is 9.00 Å². The van der Waals surface area contributed by atoms with Crippen LogP contribution < -0.4 is 0 Å². The van der Waals surface area contributed by atoms with E-state index in [1.165, 1.54) is 0 Å². The molecule has 0 aliphatic carbocycles. The van der Waals surface area contributed by atoms with Crippen LogP contribution in [0.1, 0.15) is 45.3 Å². The van der Waals surface area contributed by atoms with Crippen molar-refractivity contribution in [1.29, 1.82) is 0 Å². The molecule has 2 aromatic rings. The van der Waals surface area contributed by atoms with Crippen molar-refractivity contribution in [2.45, 2.75) is 45.3 Å². The number of para-hydroxylation sites is 1. The summed E-state index contributed by atoms with van der Waals surface area (Å²) >= 11 is 0. The molecule has 5 heteroatoms. The van der Waals surface area contributed by atoms with Gasteiger partial charge in [-0.2, -0.15) is 4.40 Å². The van der Waals surface area contributed by atoms with E-state index in [4.69, 9.17) is 0 Å². The summed E-state index contributed by atoms with van der Waals surface area (Å²) in [7, 11) is -1.27. The van der Waals surface area contributed by atoms with E-state index in [0.29, 0.717) is 12.8 Å². The van der Waals surface area contributed by atoms with Crippen molar-refractivity contribution in [3.63, 3.8) is 0 Å². The van der Waals surface area contributed by atoms with Crippen molar-refractivity contribution in [2.24, 2.45) is 4.40 Å². The second-order valence-corrected chi connectivity index (χ2v) is 8.23. The Bertz CT molecular complexity index is 738. The first-order chi connectivity index (χ1) is 10.3. The second-order valence-electron chi connectivity index (χ2n) is 6.33. The molecule has 2 rings (SSSR count). The van der Waals surface area contributed by atoms with Crippen LogP contribution in [0.2, 0.25) is 0 Å². The monoisotopic (exact) mass is 318 g/mol. The minimum absolute atomic E-state index is 0.0253. The first-order valence-electron chi connectivity index (χ1n) is 7.34. The zero-order valence-corrected chi connectivity index (χ0v) is 14.3. The molecule has 0 amide bonds. The molecule has 22 heavy (non-hydrogen) atoms. The minimum Gasteiger partial charge on any atom is -0.287 e. The van der Waals surface area contributed by atoms with Gasteiger partial charge in [-0.3, -0.25) is 9.36 Å². The molecule has 0 aliphatic rings. The van der Waals surface area contributed by atoms with Crippen LogP contribution in [0.5, 0.6) is 0 Å². The summed E-state index contributed by atoms with van der Waals surface area (Å²) in [6.45, 7) is 7.48. The molecular weight excluding hydrogens is 296 g/mol. The summed E-state index contributed by atoms with van der Waals surface area (Å²) in [5.41, 5.74) is 1.67. The third-order valence-corrected chi connectivity index (χ3v) is 4.86. The molecule has 118 valence electrons. The summed E-state index contributed by atoms with van der Waals surface area (Å²) < 4.78 is 17.4. The first kappa shape index (κ1) is 16.6. The van der Waals surface area contributed by atoms with E-state index < -0.39 is 11.0 Å². The molecule has 1 atom stereocenters. The molecule has 0 spiro atoms. The Morgan fingerprint density at radius 1 is 1.18 bits per heavy atom. The van der Waals surface area contributed by atoms with Crippen LogP contribution in [0.3, 0.4) is 0 Å². The SMILES string of the molecule is C/C(CCC(=O)n1ccc2ccccc21)=N\S(=O)C(C)(C)C. The summed E-state index contributed by atoms with van der Waals surface area (Å²) in [6.07, 6.45) is 2.68. The van der Waals surface area contributed by atoms with Crippen LogP contribution in [0.25, 0.3) is 10.9 Å². The number of rotatable bonds is 4. The number of carbonyl (C=O) groups excluding carboxylic acids is 1. The number of carbonyl (C=O) groups is 1. The Balaban J connectivity index is 2.04. The number of benzene rings is 1. The lowest BCUT2D eigenvalue weighted by Gasteiger charge is -2.14. The van der Waals surface area contributed by atoms with Gasteiger partial charge in [0.1, 0.15) is 11.0 Å². The predicted octanol–water partition coefficient (Wildman–Crippen LogP) is 3.98. The van der Waals surface area contributed by atoms with Crippen molar-refractivity contribution in [3.8, 4) is 0 Å². The second kappa shape index (κ2) is 6.57. The third kappa shape index (κ3) is 3.91. The molecular formula is C17H22N2O2S. The van der Waals surface area contributed by atoms with E-state index in [2.05, 4.69) is 4.40 Å². The molecule has 0 bridgehead atoms. The van der Waals surface area contributed by atoms with Gasteiger partial charge in [-0.1, -0.05) is 18.2 Å². The first-order valence-corrected chi connectivity index (χ1v) is 8.45. The minimum atomic E-state index is -1.27. The van der Waals surface area contributed by atoms with Crippen LogP contribution in [0.15, 0.2) is 40.9 Å². The molecule has 1 unspecified atom stereocenters. The Labute approximate surface area is 133 Å². The topological polar surface area (TPSA) is 51.4 Å². The van der Waals surface area contributed by atoms with Gasteiger partial charge in [0.2, 0.25) is 5.91 Å². The van der Waals surface area contributed by atoms with Crippen LogP contribution in [-0.4, -0.2) is 25.1 Å². The molecule has 0 radical (unpaired) electrons. The lowest BCUT2D eigenvalue weighted by atomic mass is 10.2. The van der Waals surface area contributed by atoms with Gasteiger partial charge in [-0.25, -0.2) is 4.21 Å². The van der Waals surface area contributed by atoms with Crippen LogP contribution >= 0.6 is 0 Å². The van der Waals surface area contributed by atoms with Gasteiger partial charge >= 0.3 is 0 Å². The van der Waals surface area contributed by atoms with Gasteiger partial charge in [0, 0.05) is 23.7 Å². The maximum Gasteiger partial charge on any atom is 0.231 e. The van der Waals surface area contributed by atoms with E-state index >= 15 is 0 Å². The molecule has 0 aliphatic heterocycles. The number of hydrogen-bond donors (Lipinski definition) is 0. The fourth-order valence-electron chi connectivity index (χ4n) is 2.03. The van der Waals surface area contributed by atoms with E-state index in [-0.39, 0.29) is 10.7 Å². The van der Waals surface area contributed by atoms with Gasteiger partial charge in [0.05, 0.1) is 10.3 Å². The fraction of sp³-hybridized carbons (Fsp3) is 0.412. The largest absolute Gasteiger partial charge is 0.287 e. The summed E-state index contributed by atoms with van der Waals surface area (Å²) in [5, 5.41) is 1.05. The number of fused-ring (bicyclic) bond motifs is 1. The molecule has 1 aromatic carbocycles. The predicted molar refractivity (Wildman–Crippen MR) is 92.8 cm³/mol. The fourth-order valence-corrected chi connectivity index (χ4v) is 2.68. The van der Waals surface area contributed by atoms with Gasteiger partial charge in [-0.15, -0.1) is 0 Å². The van der Waals surface area contributed by atoms with E-state index in [1.807, 2.05) is 58.0 Å². The van der Waals surface area contributed by atoms with E-state index in [1.54, 1.807) is 10.8 Å². The average molecular weight is 318 g/mol. The standard InChI is InChI=1S/C17H22N2O2S/c1-13(18-22(21)17(2,3)4)9-10-16(20)19-12-11-14-7-5-6-8-15(14)19/h5-8,11-12H,9-10H2,1-4H3/b18-13+. The highest BCUT2D eigenvalue weighted by Crippen LogP contribution is 2.16. The molecule has 1 heterocycles. The Kier molecular flexibility index (Phi) is 4.96. The zero-order valence-electron chi connectivity index (χ0n) is 13.5. The molecule has 0 N–H and O–H groups in total. The van der Waals surface area contributed by atoms with Gasteiger partial charge < -0.3 is 0 Å². The highest BCUT2D eigenvalue weighted by Gasteiger charge is 2.19. The average Bonchev–Trinajstić information content (AvgIpc) is 2.87. The number of aromatic nitrogens is 1. The third-order valence-electron chi connectivity index (χ3n) is 3.33. The lowest BCUT2D eigenvalue weighted by Crippen LogP contribution is -2.20. The van der Waals surface area contributed by atoms with E-state index in [9.17, 15) is 9.00 Å². The Hall–Kier alpha value is -1.75. The normalized spacial score (nSPS) is 14.3. The molecule has 0 saturated carbocycles. The lowest BCUT2D eigenvalue weighted by molar-refractivity contribution is 0.0910. The van der Waals surface area contributed by atoms with Crippen LogP contribution in [0.4, 0.5) is 0 Å². The van der Waals surface area contributed by atoms with Gasteiger partial charge in [0.15, 0.2) is 0 Å². The van der Waals surface area contributed by atoms with Gasteiger partial charge in [0.25, 0.3) is 0 Å². The number of nitrogens with zero attached hydrogens (tertiary/aromatic N) is 2. The highest BCUT2D eigenvalue weighted by molar-refractivity contribution is 7.85. The number of hydrogen-bond acceptors (Lipinski definition) is 2. The molecule has 0 fully saturated rings. The summed E-state index contributed by atoms with van der Waals surface area (Å²) in [6, 6.07) is 9.73. The van der Waals surface area contributed by atoms with Crippen LogP contribution in [0, 0.1) is 0 Å². The van der Waals surface area contributed by atoms with Crippen molar-refractivity contribution in [1.82, 2.24) is 4.57 Å². The molecule has 0 saturated heterocycles. The van der Waals surface area contributed by atoms with Gasteiger partial charge in [-0.05, 0) is 46.2 Å². The van der Waals surface area contributed by atoms with Crippen molar-refractivity contribution in [2.75, 3.05) is 0 Å². The quantitative estimate of drug-likeness (QED) is 0.801. The maximum atomic E-state index is 12.3. The van der Waals surface area contributed by atoms with Crippen molar-refractivity contribution in [3.05, 3.63) is 36.5 Å². The maximum absolute atomic E-state index is 12.3. The molecule has 4 nitrogen and oxygen atoms in total. The Morgan fingerprint density at radius 2 is 1.86 bits per heavy atom. The van der Waals surface area contributed by atoms with E-state index in [0.717, 1.165) is 16.6 Å². The smallest absolute Gasteiger partial charge is 0.231 e.